The Hall–Kier alpha value is -16.9. The van der Waals surface area contributed by atoms with Gasteiger partial charge in [-0.25, -0.2) is 78.6 Å². The van der Waals surface area contributed by atoms with Gasteiger partial charge in [0.25, 0.3) is 29.5 Å². The Morgan fingerprint density at radius 3 is 0.871 bits per heavy atom. The lowest BCUT2D eigenvalue weighted by molar-refractivity contribution is 0.0446. The molecular weight excluding hydrogens is 1880 g/mol. The summed E-state index contributed by atoms with van der Waals surface area (Å²) < 4.78 is 59.7. The first kappa shape index (κ1) is 96.3. The maximum Gasteiger partial charge on any atom is 0.316 e. The molecular formula is C105H104F2N30O10. The number of aryl methyl sites for hydroxylation is 8. The van der Waals surface area contributed by atoms with Crippen LogP contribution in [0.25, 0.3) is 39.8 Å². The van der Waals surface area contributed by atoms with Crippen molar-refractivity contribution in [2.75, 3.05) is 32.7 Å². The maximum atomic E-state index is 14.7. The average Bonchev–Trinajstić information content (AvgIpc) is 1.65. The second-order valence-corrected chi connectivity index (χ2v) is 38.7. The smallest absolute Gasteiger partial charge is 0.316 e. The number of likely N-dealkylation sites (tertiary alicyclic amines) is 5. The number of piperidine rings is 5. The summed E-state index contributed by atoms with van der Waals surface area (Å²) >= 11 is 0. The van der Waals surface area contributed by atoms with Crippen molar-refractivity contribution >= 4 is 29.5 Å². The minimum Gasteiger partial charge on any atom is -0.472 e. The van der Waals surface area contributed by atoms with Crippen LogP contribution >= 0.6 is 0 Å². The summed E-state index contributed by atoms with van der Waals surface area (Å²) in [5, 5.41) is 25.0. The highest BCUT2D eigenvalue weighted by Crippen LogP contribution is 2.47. The number of hydrogen-bond donors (Lipinski definition) is 0. The number of ether oxygens (including phenoxy) is 5. The Labute approximate surface area is 842 Å². The van der Waals surface area contributed by atoms with Crippen molar-refractivity contribution in [2.45, 2.75) is 180 Å². The number of carbonyl (C=O) groups excluding carboxylic acids is 5. The van der Waals surface area contributed by atoms with Gasteiger partial charge in [-0.2, -0.15) is 30.6 Å². The Kier molecular flexibility index (Phi) is 27.4. The van der Waals surface area contributed by atoms with Crippen LogP contribution in [0.3, 0.4) is 0 Å². The number of fused-ring (bicyclic) bond motifs is 10. The average molecular weight is 1980 g/mol. The van der Waals surface area contributed by atoms with Crippen molar-refractivity contribution in [1.29, 1.82) is 0 Å². The summed E-state index contributed by atoms with van der Waals surface area (Å²) in [6, 6.07) is 27.7. The van der Waals surface area contributed by atoms with Crippen molar-refractivity contribution in [3.63, 3.8) is 0 Å². The molecule has 10 aliphatic rings. The highest BCUT2D eigenvalue weighted by atomic mass is 19.1. The molecule has 147 heavy (non-hydrogen) atoms. The van der Waals surface area contributed by atoms with E-state index in [2.05, 4.69) is 110 Å². The largest absolute Gasteiger partial charge is 0.472 e. The fourth-order valence-corrected chi connectivity index (χ4v) is 21.7. The second kappa shape index (κ2) is 41.8. The number of halogens is 2. The molecule has 5 aliphatic heterocycles. The fraction of sp³-hybridized carbons (Fsp3) is 0.362. The van der Waals surface area contributed by atoms with Crippen molar-refractivity contribution in [3.8, 4) is 69.5 Å². The lowest BCUT2D eigenvalue weighted by Gasteiger charge is -2.33. The molecule has 5 aliphatic carbocycles. The zero-order chi connectivity index (χ0) is 101. The van der Waals surface area contributed by atoms with Gasteiger partial charge in [-0.05, 0) is 239 Å². The summed E-state index contributed by atoms with van der Waals surface area (Å²) in [4.78, 5) is 149. The normalized spacial score (nSPS) is 22.6. The molecule has 40 nitrogen and oxygen atoms in total. The third kappa shape index (κ3) is 20.8. The first-order valence-electron chi connectivity index (χ1n) is 49.0. The van der Waals surface area contributed by atoms with Crippen LogP contribution in [0, 0.1) is 96.6 Å². The Bertz CT molecular complexity index is 6670. The molecule has 25 rings (SSSR count). The van der Waals surface area contributed by atoms with Crippen LogP contribution in [-0.2, 0) is 0 Å². The van der Waals surface area contributed by atoms with Gasteiger partial charge in [0, 0.05) is 112 Å². The van der Waals surface area contributed by atoms with E-state index in [-0.39, 0.29) is 124 Å². The molecule has 18 heterocycles. The van der Waals surface area contributed by atoms with E-state index in [4.69, 9.17) is 23.7 Å². The van der Waals surface area contributed by atoms with Gasteiger partial charge >= 0.3 is 12.0 Å². The van der Waals surface area contributed by atoms with Crippen LogP contribution in [0.4, 0.5) is 8.78 Å². The van der Waals surface area contributed by atoms with E-state index in [0.29, 0.717) is 120 Å². The van der Waals surface area contributed by atoms with Crippen LogP contribution < -0.4 is 23.7 Å². The molecule has 0 spiro atoms. The standard InChI is InChI=1S/2C22H20FN5O2.C21H22N6O2.2C20H21N7O2/c1-13-10-27-19(11-26-13)30-18-9-14-8-17(18)28(12-14)22(29)15-4-2-5-16(23)20(15)21-24-6-3-7-25-21;1-13-10-26-22(27-11-13)30-18-9-14-8-17(18)28(12-14)21(29)15-4-2-5-16(23)19(15)20-24-6-3-7-25-20;1-13-3-6-19(22-11-13)29-18-10-15-9-17(18)26(12-15)21(28)20-16(5-4-14(2)25-20)27-23-7-8-24-27;1-12-9-21-20(22-10-12)29-17-8-14-7-16(17)26(11-14)19(28)18-15(4-3-13(2)25-18)27-23-5-6-24-27;1-12-3-4-15(27-23-5-6-24-27)19(25-12)20(28)26-11-14-7-16(26)17(8-14)29-18-10-21-13(2)9-22-18/h2*2-7,10-11,14,17-18H,8-9,12H2,1H3;3-8,11,15,17-18H,9-10,12H2,1-2H3;2*3-6,9-10,14,16-17H,7-8,11H2,1-2H3. The number of pyridine rings is 4. The van der Waals surface area contributed by atoms with Crippen LogP contribution in [0.1, 0.15) is 162 Å². The Balaban J connectivity index is 0.000000108. The number of rotatable bonds is 20. The maximum absolute atomic E-state index is 14.7. The van der Waals surface area contributed by atoms with E-state index in [1.165, 1.54) is 57.4 Å². The van der Waals surface area contributed by atoms with Crippen LogP contribution in [-0.4, -0.2) is 272 Å². The van der Waals surface area contributed by atoms with Crippen LogP contribution in [0.2, 0.25) is 0 Å². The van der Waals surface area contributed by atoms with Crippen molar-refractivity contribution in [1.82, 2.24) is 149 Å². The molecule has 13 aromatic heterocycles. The molecule has 10 bridgehead atoms. The lowest BCUT2D eigenvalue weighted by atomic mass is 10.0. The number of benzene rings is 2. The number of amides is 5. The minimum atomic E-state index is -0.516. The monoisotopic (exact) mass is 1980 g/mol. The molecule has 5 saturated carbocycles. The molecule has 10 fully saturated rings. The van der Waals surface area contributed by atoms with Crippen molar-refractivity contribution in [2.24, 2.45) is 29.6 Å². The molecule has 0 radical (unpaired) electrons. The zero-order valence-electron chi connectivity index (χ0n) is 81.7. The zero-order valence-corrected chi connectivity index (χ0v) is 81.7. The summed E-state index contributed by atoms with van der Waals surface area (Å²) in [7, 11) is 0. The number of aromatic nitrogens is 25. The van der Waals surface area contributed by atoms with Gasteiger partial charge in [0.2, 0.25) is 17.6 Å². The first-order valence-corrected chi connectivity index (χ1v) is 49.0. The van der Waals surface area contributed by atoms with Gasteiger partial charge in [-0.1, -0.05) is 18.2 Å². The van der Waals surface area contributed by atoms with E-state index in [0.717, 1.165) is 116 Å². The van der Waals surface area contributed by atoms with E-state index >= 15 is 0 Å². The number of nitrogens with zero attached hydrogens (tertiary/aromatic N) is 30. The fourth-order valence-electron chi connectivity index (χ4n) is 21.7. The molecule has 15 unspecified atom stereocenters. The topological polar surface area (TPSA) is 446 Å². The third-order valence-electron chi connectivity index (χ3n) is 28.3. The molecule has 748 valence electrons. The van der Waals surface area contributed by atoms with Crippen LogP contribution in [0.5, 0.6) is 29.7 Å². The van der Waals surface area contributed by atoms with E-state index in [1.807, 2.05) is 119 Å². The molecule has 0 N–H and O–H groups in total. The molecule has 15 atom stereocenters. The van der Waals surface area contributed by atoms with Crippen LogP contribution in [0.15, 0.2) is 215 Å². The molecule has 5 amide bonds. The van der Waals surface area contributed by atoms with Gasteiger partial charge < -0.3 is 48.2 Å². The van der Waals surface area contributed by atoms with Gasteiger partial charge in [0.15, 0.2) is 28.7 Å². The predicted octanol–water partition coefficient (Wildman–Crippen LogP) is 12.0. The molecule has 5 saturated heterocycles. The third-order valence-corrected chi connectivity index (χ3v) is 28.3. The van der Waals surface area contributed by atoms with Crippen molar-refractivity contribution < 1.29 is 56.4 Å². The Morgan fingerprint density at radius 2 is 0.571 bits per heavy atom. The molecule has 15 aromatic rings. The van der Waals surface area contributed by atoms with Gasteiger partial charge in [-0.15, -0.1) is 14.4 Å². The highest BCUT2D eigenvalue weighted by molar-refractivity contribution is 6.02. The van der Waals surface area contributed by atoms with Gasteiger partial charge in [0.05, 0.1) is 126 Å². The summed E-state index contributed by atoms with van der Waals surface area (Å²) in [6.07, 6.45) is 39.3. The van der Waals surface area contributed by atoms with E-state index in [9.17, 15) is 32.8 Å². The quantitative estimate of drug-likeness (QED) is 0.0684. The van der Waals surface area contributed by atoms with E-state index < -0.39 is 11.6 Å². The minimum absolute atomic E-state index is 0.00338. The van der Waals surface area contributed by atoms with Crippen molar-refractivity contribution in [3.05, 3.63) is 300 Å². The first-order chi connectivity index (χ1) is 71.4. The predicted molar refractivity (Wildman–Crippen MR) is 522 cm³/mol. The number of carbonyl (C=O) groups is 5. The Morgan fingerprint density at radius 1 is 0.272 bits per heavy atom. The molecule has 2 aromatic carbocycles. The summed E-state index contributed by atoms with van der Waals surface area (Å²) in [6.45, 7) is 18.6. The highest BCUT2D eigenvalue weighted by Gasteiger charge is 2.55. The van der Waals surface area contributed by atoms with E-state index in [1.54, 1.807) is 133 Å². The van der Waals surface area contributed by atoms with Gasteiger partial charge in [0.1, 0.15) is 59.2 Å². The second-order valence-electron chi connectivity index (χ2n) is 38.7. The lowest BCUT2D eigenvalue weighted by Crippen LogP contribution is -2.47. The van der Waals surface area contributed by atoms with Gasteiger partial charge in [-0.3, -0.25) is 33.9 Å². The SMILES string of the molecule is Cc1ccc(OC2CC3CC2N(C(=O)c2nc(C)ccc2-n2nccn2)C3)nc1.Cc1cnc(OC2CC3CC2N(C(=O)c2cccc(F)c2-c2ncccn2)C3)cn1.Cc1cnc(OC2CC3CC2N(C(=O)c2cccc(F)c2-c2ncccn2)C3)nc1.Cc1cnc(OC2CC3CC2N(C(=O)c2nc(C)ccc2-n2nccn2)C3)cn1.Cc1cnc(OC2CC3CC2N(C(=O)c2nc(C)ccc2-n2nccn2)C3)nc1. The summed E-state index contributed by atoms with van der Waals surface area (Å²) in [5.74, 6) is 2.10. The number of hydrogen-bond acceptors (Lipinski definition) is 32. The summed E-state index contributed by atoms with van der Waals surface area (Å²) in [5.41, 5.74) is 10.6. The molecule has 42 heteroatoms.